The molecule has 0 amide bonds. The Hall–Kier alpha value is -2.83. The van der Waals surface area contributed by atoms with Crippen LogP contribution in [0.4, 0.5) is 17.5 Å². The fourth-order valence-corrected chi connectivity index (χ4v) is 6.49. The maximum Gasteiger partial charge on any atom is 0.227 e. The van der Waals surface area contributed by atoms with Crippen LogP contribution >= 0.6 is 0 Å². The van der Waals surface area contributed by atoms with Crippen molar-refractivity contribution in [3.05, 3.63) is 30.4 Å². The molecule has 11 nitrogen and oxygen atoms in total. The van der Waals surface area contributed by atoms with Gasteiger partial charge in [0.15, 0.2) is 5.82 Å². The molecular weight excluding hydrogens is 466 g/mol. The zero-order chi connectivity index (χ0) is 24.4. The van der Waals surface area contributed by atoms with Crippen molar-refractivity contribution in [2.24, 2.45) is 5.41 Å². The number of hydrogen-bond donors (Lipinski definition) is 1. The van der Waals surface area contributed by atoms with Gasteiger partial charge in [-0.05, 0) is 46.0 Å². The van der Waals surface area contributed by atoms with E-state index in [2.05, 4.69) is 32.2 Å². The van der Waals surface area contributed by atoms with E-state index in [0.29, 0.717) is 25.1 Å². The second-order valence-corrected chi connectivity index (χ2v) is 12.5. The first-order valence-electron chi connectivity index (χ1n) is 12.0. The number of aromatic nitrogens is 5. The predicted octanol–water partition coefficient (Wildman–Crippen LogP) is 1.62. The number of nitrogens with zero attached hydrogens (tertiary/aromatic N) is 8. The van der Waals surface area contributed by atoms with E-state index < -0.39 is 10.0 Å². The minimum Gasteiger partial charge on any atom is -0.353 e. The van der Waals surface area contributed by atoms with Crippen molar-refractivity contribution in [3.63, 3.8) is 0 Å². The Bertz CT molecular complexity index is 1370. The van der Waals surface area contributed by atoms with Gasteiger partial charge in [-0.25, -0.2) is 27.7 Å². The standard InChI is InChI=1S/C23H31N9O2S/c1-16-8-17-9-24-22(27-18-10-25-32(11-18)19-4-6-29(2)7-5-19)28-20(17)21(26-16)30-12-23(13-30)14-31(15-23)35(3,33)34/h8-11,19H,4-7,12-15H2,1-3H3,(H,24,27,28). The van der Waals surface area contributed by atoms with Gasteiger partial charge in [0.1, 0.15) is 5.52 Å². The highest BCUT2D eigenvalue weighted by molar-refractivity contribution is 7.88. The van der Waals surface area contributed by atoms with Crippen molar-refractivity contribution in [1.29, 1.82) is 0 Å². The summed E-state index contributed by atoms with van der Waals surface area (Å²) in [6, 6.07) is 2.41. The minimum atomic E-state index is -3.12. The number of pyridine rings is 1. The number of sulfonamides is 1. The molecule has 6 rings (SSSR count). The molecule has 1 spiro atoms. The quantitative estimate of drug-likeness (QED) is 0.562. The lowest BCUT2D eigenvalue weighted by Crippen LogP contribution is -2.73. The van der Waals surface area contributed by atoms with Gasteiger partial charge >= 0.3 is 0 Å². The maximum absolute atomic E-state index is 11.8. The SMILES string of the molecule is Cc1cc2cnc(Nc3cnn(C4CCN(C)CC4)c3)nc2c(N2CC3(C2)CN(S(C)(=O)=O)C3)n1. The van der Waals surface area contributed by atoms with Gasteiger partial charge in [0.25, 0.3) is 0 Å². The number of piperidine rings is 1. The normalized spacial score (nSPS) is 21.3. The molecule has 186 valence electrons. The molecule has 3 aromatic rings. The highest BCUT2D eigenvalue weighted by atomic mass is 32.2. The third-order valence-electron chi connectivity index (χ3n) is 7.44. The lowest BCUT2D eigenvalue weighted by molar-refractivity contribution is 0.0397. The van der Waals surface area contributed by atoms with Gasteiger partial charge in [-0.2, -0.15) is 5.10 Å². The summed E-state index contributed by atoms with van der Waals surface area (Å²) in [5.41, 5.74) is 2.59. The highest BCUT2D eigenvalue weighted by Gasteiger charge is 2.54. The number of likely N-dealkylation sites (tertiary alicyclic amines) is 1. The van der Waals surface area contributed by atoms with Crippen molar-refractivity contribution in [1.82, 2.24) is 33.9 Å². The average molecular weight is 498 g/mol. The van der Waals surface area contributed by atoms with Gasteiger partial charge in [0, 0.05) is 55.1 Å². The van der Waals surface area contributed by atoms with Crippen LogP contribution in [-0.2, 0) is 10.0 Å². The summed E-state index contributed by atoms with van der Waals surface area (Å²) in [6.07, 6.45) is 9.14. The summed E-state index contributed by atoms with van der Waals surface area (Å²) in [5.74, 6) is 1.34. The van der Waals surface area contributed by atoms with Crippen molar-refractivity contribution in [2.45, 2.75) is 25.8 Å². The van der Waals surface area contributed by atoms with Gasteiger partial charge in [0.2, 0.25) is 16.0 Å². The Morgan fingerprint density at radius 3 is 2.54 bits per heavy atom. The van der Waals surface area contributed by atoms with E-state index in [1.807, 2.05) is 36.3 Å². The highest BCUT2D eigenvalue weighted by Crippen LogP contribution is 2.43. The Morgan fingerprint density at radius 1 is 1.09 bits per heavy atom. The van der Waals surface area contributed by atoms with Crippen molar-refractivity contribution < 1.29 is 8.42 Å². The summed E-state index contributed by atoms with van der Waals surface area (Å²) in [4.78, 5) is 18.7. The molecule has 0 bridgehead atoms. The van der Waals surface area contributed by atoms with E-state index in [9.17, 15) is 8.42 Å². The first kappa shape index (κ1) is 22.6. The first-order valence-corrected chi connectivity index (χ1v) is 13.9. The van der Waals surface area contributed by atoms with Crippen molar-refractivity contribution in [2.75, 3.05) is 62.8 Å². The number of rotatable bonds is 5. The molecule has 35 heavy (non-hydrogen) atoms. The Kier molecular flexibility index (Phi) is 5.24. The Morgan fingerprint density at radius 2 is 1.83 bits per heavy atom. The molecule has 0 saturated carbocycles. The summed E-state index contributed by atoms with van der Waals surface area (Å²) < 4.78 is 27.1. The number of anilines is 3. The first-order chi connectivity index (χ1) is 16.7. The smallest absolute Gasteiger partial charge is 0.227 e. The summed E-state index contributed by atoms with van der Waals surface area (Å²) in [5, 5.41) is 8.81. The predicted molar refractivity (Wildman–Crippen MR) is 134 cm³/mol. The molecule has 0 unspecified atom stereocenters. The summed E-state index contributed by atoms with van der Waals surface area (Å²) in [6.45, 7) is 6.85. The second kappa shape index (κ2) is 8.10. The molecule has 3 fully saturated rings. The summed E-state index contributed by atoms with van der Waals surface area (Å²) >= 11 is 0. The number of nitrogens with one attached hydrogen (secondary N) is 1. The molecule has 6 heterocycles. The van der Waals surface area contributed by atoms with Gasteiger partial charge in [-0.15, -0.1) is 0 Å². The van der Waals surface area contributed by atoms with Gasteiger partial charge in [-0.3, -0.25) is 4.68 Å². The monoisotopic (exact) mass is 497 g/mol. The maximum atomic E-state index is 11.8. The van der Waals surface area contributed by atoms with Crippen LogP contribution in [0.5, 0.6) is 0 Å². The summed E-state index contributed by atoms with van der Waals surface area (Å²) in [7, 11) is -0.962. The molecule has 0 aliphatic carbocycles. The molecule has 3 saturated heterocycles. The molecular formula is C23H31N9O2S. The minimum absolute atomic E-state index is 0.0252. The zero-order valence-electron chi connectivity index (χ0n) is 20.3. The topological polar surface area (TPSA) is 112 Å². The Balaban J connectivity index is 1.20. The number of aryl methyl sites for hydroxylation is 1. The van der Waals surface area contributed by atoms with E-state index >= 15 is 0 Å². The molecule has 0 atom stereocenters. The van der Waals surface area contributed by atoms with Crippen molar-refractivity contribution >= 4 is 38.4 Å². The van der Waals surface area contributed by atoms with Gasteiger partial charge < -0.3 is 15.1 Å². The van der Waals surface area contributed by atoms with Crippen molar-refractivity contribution in [3.8, 4) is 0 Å². The van der Waals surface area contributed by atoms with Crippen LogP contribution < -0.4 is 10.2 Å². The molecule has 3 aliphatic rings. The average Bonchev–Trinajstić information content (AvgIpc) is 3.20. The molecule has 1 N–H and O–H groups in total. The van der Waals surface area contributed by atoms with Gasteiger partial charge in [-0.1, -0.05) is 0 Å². The van der Waals surface area contributed by atoms with E-state index in [-0.39, 0.29) is 5.41 Å². The third kappa shape index (κ3) is 4.23. The molecule has 0 radical (unpaired) electrons. The number of fused-ring (bicyclic) bond motifs is 1. The lowest BCUT2D eigenvalue weighted by Gasteiger charge is -2.59. The van der Waals surface area contributed by atoms with E-state index in [1.54, 1.807) is 4.31 Å². The van der Waals surface area contributed by atoms with Gasteiger partial charge in [0.05, 0.1) is 24.2 Å². The fourth-order valence-electron chi connectivity index (χ4n) is 5.47. The lowest BCUT2D eigenvalue weighted by atomic mass is 9.74. The molecule has 3 aromatic heterocycles. The van der Waals surface area contributed by atoms with Crippen LogP contribution in [0.15, 0.2) is 24.7 Å². The van der Waals surface area contributed by atoms with E-state index in [1.165, 1.54) is 6.26 Å². The molecule has 0 aromatic carbocycles. The van der Waals surface area contributed by atoms with E-state index in [0.717, 1.165) is 67.1 Å². The molecule has 3 aliphatic heterocycles. The zero-order valence-corrected chi connectivity index (χ0v) is 21.2. The third-order valence-corrected chi connectivity index (χ3v) is 8.64. The second-order valence-electron chi connectivity index (χ2n) is 10.5. The van der Waals surface area contributed by atoms with Crippen LogP contribution in [0.2, 0.25) is 0 Å². The Labute approximate surface area is 205 Å². The van der Waals surface area contributed by atoms with Crippen LogP contribution in [0.1, 0.15) is 24.6 Å². The van der Waals surface area contributed by atoms with Crippen LogP contribution in [0.25, 0.3) is 10.9 Å². The largest absolute Gasteiger partial charge is 0.353 e. The molecule has 12 heteroatoms. The number of hydrogen-bond acceptors (Lipinski definition) is 9. The van der Waals surface area contributed by atoms with Crippen LogP contribution in [0, 0.1) is 12.3 Å². The fraction of sp³-hybridized carbons (Fsp3) is 0.565. The van der Waals surface area contributed by atoms with Crippen LogP contribution in [-0.4, -0.2) is 94.9 Å². The van der Waals surface area contributed by atoms with E-state index in [4.69, 9.17) is 9.97 Å². The van der Waals surface area contributed by atoms with Crippen LogP contribution in [0.3, 0.4) is 0 Å².